The van der Waals surface area contributed by atoms with E-state index in [0.29, 0.717) is 29.6 Å². The number of aromatic nitrogens is 3. The molecule has 0 radical (unpaired) electrons. The Morgan fingerprint density at radius 1 is 1.43 bits per heavy atom. The van der Waals surface area contributed by atoms with Gasteiger partial charge in [-0.2, -0.15) is 0 Å². The van der Waals surface area contributed by atoms with E-state index in [-0.39, 0.29) is 23.5 Å². The van der Waals surface area contributed by atoms with Gasteiger partial charge in [-0.05, 0) is 25.0 Å². The first kappa shape index (κ1) is 20.2. The molecule has 1 N–H and O–H groups in total. The van der Waals surface area contributed by atoms with Gasteiger partial charge in [0.2, 0.25) is 5.91 Å². The number of hydrogen-bond donors (Lipinski definition) is 1. The van der Waals surface area contributed by atoms with Crippen molar-refractivity contribution in [3.63, 3.8) is 0 Å². The summed E-state index contributed by atoms with van der Waals surface area (Å²) < 4.78 is 11.8. The molecular formula is C18H22N4O5S. The Hall–Kier alpha value is -2.59. The zero-order chi connectivity index (χ0) is 20.1. The molecule has 1 unspecified atom stereocenters. The molecule has 9 nitrogen and oxygen atoms in total. The molecule has 1 atom stereocenters. The number of carbonyl (C=O) groups excluding carboxylic acids is 2. The van der Waals surface area contributed by atoms with E-state index in [1.807, 2.05) is 0 Å². The summed E-state index contributed by atoms with van der Waals surface area (Å²) in [5.41, 5.74) is 0.439. The van der Waals surface area contributed by atoms with Gasteiger partial charge in [-0.15, -0.1) is 5.10 Å². The summed E-state index contributed by atoms with van der Waals surface area (Å²) in [6.45, 7) is 1.11. The molecule has 1 aromatic carbocycles. The number of methoxy groups -OCH3 is 1. The third-order valence-electron chi connectivity index (χ3n) is 4.50. The Balaban J connectivity index is 1.68. The van der Waals surface area contributed by atoms with E-state index in [0.717, 1.165) is 24.6 Å². The number of anilines is 1. The van der Waals surface area contributed by atoms with Crippen molar-refractivity contribution in [2.24, 2.45) is 0 Å². The van der Waals surface area contributed by atoms with E-state index in [2.05, 4.69) is 10.2 Å². The quantitative estimate of drug-likeness (QED) is 0.545. The predicted molar refractivity (Wildman–Crippen MR) is 104 cm³/mol. The zero-order valence-electron chi connectivity index (χ0n) is 15.7. The van der Waals surface area contributed by atoms with Crippen LogP contribution in [-0.4, -0.2) is 59.3 Å². The molecule has 2 heterocycles. The molecule has 0 saturated carbocycles. The van der Waals surface area contributed by atoms with Crippen LogP contribution in [0.15, 0.2) is 34.2 Å². The summed E-state index contributed by atoms with van der Waals surface area (Å²) in [6.07, 6.45) is 1.86. The number of ether oxygens (including phenoxy) is 2. The van der Waals surface area contributed by atoms with Crippen molar-refractivity contribution in [1.29, 1.82) is 0 Å². The van der Waals surface area contributed by atoms with Crippen molar-refractivity contribution in [1.82, 2.24) is 14.8 Å². The minimum absolute atomic E-state index is 0.0139. The summed E-state index contributed by atoms with van der Waals surface area (Å²) in [7, 11) is 2.89. The number of thioether (sulfide) groups is 1. The number of aromatic amines is 1. The number of para-hydroxylation sites is 1. The normalized spacial score (nSPS) is 16.1. The van der Waals surface area contributed by atoms with E-state index < -0.39 is 5.97 Å². The average molecular weight is 406 g/mol. The Morgan fingerprint density at radius 2 is 2.21 bits per heavy atom. The smallest absolute Gasteiger partial charge is 0.344 e. The predicted octanol–water partition coefficient (Wildman–Crippen LogP) is 1.29. The van der Waals surface area contributed by atoms with Crippen molar-refractivity contribution in [2.75, 3.05) is 31.4 Å². The second-order valence-electron chi connectivity index (χ2n) is 6.31. The Kier molecular flexibility index (Phi) is 6.53. The van der Waals surface area contributed by atoms with Crippen LogP contribution >= 0.6 is 11.8 Å². The van der Waals surface area contributed by atoms with Crippen LogP contribution in [0.5, 0.6) is 0 Å². The summed E-state index contributed by atoms with van der Waals surface area (Å²) in [6, 6.07) is 6.73. The Bertz CT molecular complexity index is 903. The summed E-state index contributed by atoms with van der Waals surface area (Å²) in [4.78, 5) is 38.0. The number of hydrogen-bond acceptors (Lipinski definition) is 7. The van der Waals surface area contributed by atoms with E-state index in [1.54, 1.807) is 31.3 Å². The molecule has 1 aliphatic rings. The molecule has 1 aliphatic heterocycles. The minimum atomic E-state index is -0.513. The van der Waals surface area contributed by atoms with E-state index in [4.69, 9.17) is 9.47 Å². The molecule has 1 aromatic heterocycles. The second-order valence-corrected chi connectivity index (χ2v) is 7.25. The number of benzene rings is 1. The van der Waals surface area contributed by atoms with Crippen molar-refractivity contribution < 1.29 is 19.1 Å². The van der Waals surface area contributed by atoms with Crippen LogP contribution in [0.3, 0.4) is 0 Å². The first-order valence-corrected chi connectivity index (χ1v) is 9.83. The fraction of sp³-hybridized carbons (Fsp3) is 0.444. The lowest BCUT2D eigenvalue weighted by Gasteiger charge is -2.19. The molecule has 1 fully saturated rings. The molecule has 0 bridgehead atoms. The van der Waals surface area contributed by atoms with Gasteiger partial charge in [-0.1, -0.05) is 23.9 Å². The average Bonchev–Trinajstić information content (AvgIpc) is 3.36. The topological polar surface area (TPSA) is 107 Å². The third-order valence-corrected chi connectivity index (χ3v) is 5.46. The van der Waals surface area contributed by atoms with E-state index in [1.165, 1.54) is 16.6 Å². The van der Waals surface area contributed by atoms with Gasteiger partial charge < -0.3 is 14.4 Å². The molecule has 1 saturated heterocycles. The van der Waals surface area contributed by atoms with Crippen LogP contribution < -0.4 is 10.6 Å². The van der Waals surface area contributed by atoms with Crippen LogP contribution in [0.2, 0.25) is 0 Å². The molecule has 3 rings (SSSR count). The highest BCUT2D eigenvalue weighted by Crippen LogP contribution is 2.23. The number of carbonyl (C=O) groups is 2. The molecule has 1 amide bonds. The van der Waals surface area contributed by atoms with Gasteiger partial charge in [0.05, 0.1) is 36.8 Å². The molecular weight excluding hydrogens is 384 g/mol. The molecule has 150 valence electrons. The maximum atomic E-state index is 12.6. The highest BCUT2D eigenvalue weighted by atomic mass is 32.2. The lowest BCUT2D eigenvalue weighted by Crippen LogP contribution is -2.30. The van der Waals surface area contributed by atoms with Crippen LogP contribution in [-0.2, 0) is 20.8 Å². The highest BCUT2D eigenvalue weighted by Gasteiger charge is 2.22. The van der Waals surface area contributed by atoms with Gasteiger partial charge in [0.25, 0.3) is 0 Å². The number of nitrogens with zero attached hydrogens (tertiary/aromatic N) is 3. The van der Waals surface area contributed by atoms with Crippen LogP contribution in [0.25, 0.3) is 0 Å². The monoisotopic (exact) mass is 406 g/mol. The SMILES string of the molecule is COC(=O)c1ccccc1N(C)C(=O)CSc1n[nH]c(=O)n1CC1CCCO1. The summed E-state index contributed by atoms with van der Waals surface area (Å²) in [5.74, 6) is -0.692. The lowest BCUT2D eigenvalue weighted by atomic mass is 10.1. The molecule has 0 aliphatic carbocycles. The first-order chi connectivity index (χ1) is 13.5. The first-order valence-electron chi connectivity index (χ1n) is 8.84. The van der Waals surface area contributed by atoms with Crippen LogP contribution in [0, 0.1) is 0 Å². The van der Waals surface area contributed by atoms with Gasteiger partial charge >= 0.3 is 11.7 Å². The number of rotatable bonds is 7. The highest BCUT2D eigenvalue weighted by molar-refractivity contribution is 7.99. The van der Waals surface area contributed by atoms with Crippen molar-refractivity contribution in [2.45, 2.75) is 30.6 Å². The summed E-state index contributed by atoms with van der Waals surface area (Å²) >= 11 is 1.16. The molecule has 2 aromatic rings. The van der Waals surface area contributed by atoms with Gasteiger partial charge in [0.15, 0.2) is 5.16 Å². The molecule has 0 spiro atoms. The third kappa shape index (κ3) is 4.45. The van der Waals surface area contributed by atoms with Gasteiger partial charge in [-0.3, -0.25) is 9.36 Å². The Labute approximate surface area is 166 Å². The lowest BCUT2D eigenvalue weighted by molar-refractivity contribution is -0.115. The zero-order valence-corrected chi connectivity index (χ0v) is 16.5. The van der Waals surface area contributed by atoms with Gasteiger partial charge in [0, 0.05) is 13.7 Å². The number of amides is 1. The maximum absolute atomic E-state index is 12.6. The van der Waals surface area contributed by atoms with Gasteiger partial charge in [0.1, 0.15) is 0 Å². The number of esters is 1. The molecule has 10 heteroatoms. The molecule has 28 heavy (non-hydrogen) atoms. The Morgan fingerprint density at radius 3 is 2.93 bits per heavy atom. The van der Waals surface area contributed by atoms with Crippen molar-refractivity contribution in [3.05, 3.63) is 40.3 Å². The largest absolute Gasteiger partial charge is 0.465 e. The second kappa shape index (κ2) is 9.07. The van der Waals surface area contributed by atoms with E-state index >= 15 is 0 Å². The summed E-state index contributed by atoms with van der Waals surface area (Å²) in [5, 5.41) is 6.87. The fourth-order valence-corrected chi connectivity index (χ4v) is 3.84. The number of nitrogens with one attached hydrogen (secondary N) is 1. The fourth-order valence-electron chi connectivity index (χ4n) is 2.97. The number of H-pyrrole nitrogens is 1. The standard InChI is InChI=1S/C18H22N4O5S/c1-21(14-8-4-3-7-13(14)16(24)26-2)15(23)11-28-18-20-19-17(25)22(18)10-12-6-5-9-27-12/h3-4,7-8,12H,5-6,9-11H2,1-2H3,(H,19,25). The van der Waals surface area contributed by atoms with Gasteiger partial charge in [-0.25, -0.2) is 14.7 Å². The minimum Gasteiger partial charge on any atom is -0.465 e. The maximum Gasteiger partial charge on any atom is 0.344 e. The van der Waals surface area contributed by atoms with E-state index in [9.17, 15) is 14.4 Å². The van der Waals surface area contributed by atoms with Crippen molar-refractivity contribution >= 4 is 29.3 Å². The van der Waals surface area contributed by atoms with Crippen LogP contribution in [0.1, 0.15) is 23.2 Å². The van der Waals surface area contributed by atoms with Crippen molar-refractivity contribution in [3.8, 4) is 0 Å². The van der Waals surface area contributed by atoms with Crippen LogP contribution in [0.4, 0.5) is 5.69 Å².